The molecule has 0 fully saturated rings. The lowest BCUT2D eigenvalue weighted by Crippen LogP contribution is -2.27. The van der Waals surface area contributed by atoms with Gasteiger partial charge >= 0.3 is 0 Å². The monoisotopic (exact) mass is 459 g/mol. The van der Waals surface area contributed by atoms with Crippen LogP contribution < -0.4 is 5.32 Å². The van der Waals surface area contributed by atoms with Crippen molar-refractivity contribution in [3.63, 3.8) is 0 Å². The van der Waals surface area contributed by atoms with Gasteiger partial charge in [0.05, 0.1) is 9.79 Å². The molecule has 0 spiro atoms. The number of fused-ring (bicyclic) bond motifs is 2. The van der Waals surface area contributed by atoms with Crippen molar-refractivity contribution in [1.82, 2.24) is 5.32 Å². The van der Waals surface area contributed by atoms with E-state index in [0.717, 1.165) is 5.56 Å². The molecular weight excluding hydrogens is 445 g/mol. The van der Waals surface area contributed by atoms with E-state index in [-0.39, 0.29) is 32.3 Å². The van der Waals surface area contributed by atoms with Gasteiger partial charge in [0.25, 0.3) is 5.91 Å². The number of sulfone groups is 1. The van der Waals surface area contributed by atoms with Crippen LogP contribution in [0.5, 0.6) is 0 Å². The highest BCUT2D eigenvalue weighted by atomic mass is 35.5. The molecule has 1 amide bonds. The highest BCUT2D eigenvalue weighted by Crippen LogP contribution is 2.34. The second-order valence-electron chi connectivity index (χ2n) is 6.78. The standard InChI is InChI=1S/C22H15Cl2NO4S/c23-15-7-5-13(18(24)12-15)9-10-25-22(27)14-6-8-17-20(11-14)30(28,29)19-4-2-1-3-16(19)21(17)26/h1-8,11-12H,9-10H2,(H,25,27). The van der Waals surface area contributed by atoms with Crippen LogP contribution in [-0.2, 0) is 16.3 Å². The van der Waals surface area contributed by atoms with Crippen molar-refractivity contribution in [2.75, 3.05) is 6.54 Å². The molecule has 0 aromatic heterocycles. The fraction of sp³-hybridized carbons (Fsp3) is 0.0909. The second kappa shape index (κ2) is 7.87. The second-order valence-corrected chi connectivity index (χ2v) is 9.51. The van der Waals surface area contributed by atoms with E-state index < -0.39 is 15.7 Å². The van der Waals surface area contributed by atoms with Crippen LogP contribution in [0.3, 0.4) is 0 Å². The quantitative estimate of drug-likeness (QED) is 0.491. The van der Waals surface area contributed by atoms with Gasteiger partial charge in [-0.25, -0.2) is 8.42 Å². The predicted molar refractivity (Wildman–Crippen MR) is 114 cm³/mol. The van der Waals surface area contributed by atoms with E-state index in [4.69, 9.17) is 23.2 Å². The molecule has 0 radical (unpaired) electrons. The fourth-order valence-corrected chi connectivity index (χ4v) is 5.54. The Labute approximate surface area is 183 Å². The van der Waals surface area contributed by atoms with Gasteiger partial charge < -0.3 is 5.32 Å². The van der Waals surface area contributed by atoms with Crippen LogP contribution in [-0.4, -0.2) is 26.7 Å². The van der Waals surface area contributed by atoms with Gasteiger partial charge in [0.1, 0.15) is 0 Å². The first kappa shape index (κ1) is 20.6. The van der Waals surface area contributed by atoms with Crippen molar-refractivity contribution in [2.24, 2.45) is 0 Å². The van der Waals surface area contributed by atoms with E-state index in [2.05, 4.69) is 5.32 Å². The number of hydrogen-bond donors (Lipinski definition) is 1. The molecule has 1 aliphatic rings. The third kappa shape index (κ3) is 3.62. The van der Waals surface area contributed by atoms with Crippen LogP contribution in [0.2, 0.25) is 10.0 Å². The van der Waals surface area contributed by atoms with Gasteiger partial charge in [-0.2, -0.15) is 0 Å². The van der Waals surface area contributed by atoms with Crippen LogP contribution in [0.4, 0.5) is 0 Å². The molecule has 0 atom stereocenters. The number of rotatable bonds is 4. The SMILES string of the molecule is O=C(NCCc1ccc(Cl)cc1Cl)c1ccc2c(c1)S(=O)(=O)c1ccccc1C2=O. The molecule has 1 heterocycles. The Kier molecular flexibility index (Phi) is 5.40. The summed E-state index contributed by atoms with van der Waals surface area (Å²) >= 11 is 12.0. The van der Waals surface area contributed by atoms with Crippen molar-refractivity contribution in [3.8, 4) is 0 Å². The highest BCUT2D eigenvalue weighted by molar-refractivity contribution is 7.91. The number of nitrogens with one attached hydrogen (secondary N) is 1. The first-order valence-corrected chi connectivity index (χ1v) is 11.3. The molecule has 152 valence electrons. The topological polar surface area (TPSA) is 80.3 Å². The number of halogens is 2. The van der Waals surface area contributed by atoms with Crippen molar-refractivity contribution in [3.05, 3.63) is 93.0 Å². The van der Waals surface area contributed by atoms with Crippen LogP contribution in [0.25, 0.3) is 0 Å². The molecule has 8 heteroatoms. The number of ketones is 1. The number of benzene rings is 3. The van der Waals surface area contributed by atoms with Gasteiger partial charge in [0.15, 0.2) is 5.78 Å². The van der Waals surface area contributed by atoms with E-state index in [0.29, 0.717) is 23.0 Å². The molecule has 1 aliphatic heterocycles. The summed E-state index contributed by atoms with van der Waals surface area (Å²) < 4.78 is 25.9. The average Bonchev–Trinajstić information content (AvgIpc) is 2.73. The largest absolute Gasteiger partial charge is 0.352 e. The van der Waals surface area contributed by atoms with Gasteiger partial charge in [0.2, 0.25) is 9.84 Å². The maximum absolute atomic E-state index is 13.0. The molecule has 30 heavy (non-hydrogen) atoms. The van der Waals surface area contributed by atoms with Crippen LogP contribution in [0.15, 0.2) is 70.5 Å². The minimum atomic E-state index is -3.89. The zero-order valence-corrected chi connectivity index (χ0v) is 17.8. The number of hydrogen-bond acceptors (Lipinski definition) is 4. The van der Waals surface area contributed by atoms with Crippen molar-refractivity contribution < 1.29 is 18.0 Å². The van der Waals surface area contributed by atoms with Gasteiger partial charge in [-0.1, -0.05) is 41.4 Å². The Morgan fingerprint density at radius 3 is 2.40 bits per heavy atom. The molecule has 0 saturated carbocycles. The number of amides is 1. The average molecular weight is 460 g/mol. The van der Waals surface area contributed by atoms with Crippen molar-refractivity contribution in [2.45, 2.75) is 16.2 Å². The van der Waals surface area contributed by atoms with Gasteiger partial charge in [-0.15, -0.1) is 0 Å². The van der Waals surface area contributed by atoms with Gasteiger partial charge in [0, 0.05) is 33.3 Å². The summed E-state index contributed by atoms with van der Waals surface area (Å²) in [5.41, 5.74) is 1.20. The zero-order valence-electron chi connectivity index (χ0n) is 15.5. The van der Waals surface area contributed by atoms with Crippen molar-refractivity contribution in [1.29, 1.82) is 0 Å². The Morgan fingerprint density at radius 2 is 1.63 bits per heavy atom. The third-order valence-electron chi connectivity index (χ3n) is 4.89. The van der Waals surface area contributed by atoms with Crippen LogP contribution >= 0.6 is 23.2 Å². The molecular formula is C22H15Cl2NO4S. The zero-order chi connectivity index (χ0) is 21.5. The smallest absolute Gasteiger partial charge is 0.251 e. The minimum Gasteiger partial charge on any atom is -0.352 e. The van der Waals surface area contributed by atoms with Crippen LogP contribution in [0.1, 0.15) is 31.8 Å². The summed E-state index contributed by atoms with van der Waals surface area (Å²) in [7, 11) is -3.89. The van der Waals surface area contributed by atoms with E-state index in [1.165, 1.54) is 30.3 Å². The lowest BCUT2D eigenvalue weighted by Gasteiger charge is -2.19. The van der Waals surface area contributed by atoms with E-state index >= 15 is 0 Å². The molecule has 5 nitrogen and oxygen atoms in total. The molecule has 1 N–H and O–H groups in total. The van der Waals surface area contributed by atoms with Gasteiger partial charge in [-0.3, -0.25) is 9.59 Å². The summed E-state index contributed by atoms with van der Waals surface area (Å²) in [5.74, 6) is -0.816. The molecule has 0 saturated heterocycles. The van der Waals surface area contributed by atoms with E-state index in [9.17, 15) is 18.0 Å². The Hall–Kier alpha value is -2.67. The first-order valence-electron chi connectivity index (χ1n) is 9.04. The number of carbonyl (C=O) groups is 2. The fourth-order valence-electron chi connectivity index (χ4n) is 3.36. The predicted octanol–water partition coefficient (Wildman–Crippen LogP) is 4.34. The Bertz CT molecular complexity index is 1300. The van der Waals surface area contributed by atoms with Crippen molar-refractivity contribution >= 4 is 44.7 Å². The minimum absolute atomic E-state index is 0.0440. The summed E-state index contributed by atoms with van der Waals surface area (Å²) in [5, 5.41) is 3.78. The molecule has 0 bridgehead atoms. The van der Waals surface area contributed by atoms with E-state index in [1.54, 1.807) is 30.3 Å². The maximum atomic E-state index is 13.0. The number of carbonyl (C=O) groups excluding carboxylic acids is 2. The molecule has 0 unspecified atom stereocenters. The molecule has 0 aliphatic carbocycles. The highest BCUT2D eigenvalue weighted by Gasteiger charge is 2.34. The summed E-state index contributed by atoms with van der Waals surface area (Å²) in [6.07, 6.45) is 0.483. The lowest BCUT2D eigenvalue weighted by molar-refractivity contribution is 0.0952. The summed E-state index contributed by atoms with van der Waals surface area (Å²) in [4.78, 5) is 25.0. The Morgan fingerprint density at radius 1 is 0.900 bits per heavy atom. The Balaban J connectivity index is 1.56. The molecule has 4 rings (SSSR count). The summed E-state index contributed by atoms with van der Waals surface area (Å²) in [6, 6.07) is 15.3. The van der Waals surface area contributed by atoms with E-state index in [1.807, 2.05) is 0 Å². The molecule has 3 aromatic carbocycles. The van der Waals surface area contributed by atoms with Gasteiger partial charge in [-0.05, 0) is 54.4 Å². The first-order chi connectivity index (χ1) is 14.3. The van der Waals surface area contributed by atoms with Crippen LogP contribution in [0, 0.1) is 0 Å². The maximum Gasteiger partial charge on any atom is 0.251 e. The lowest BCUT2D eigenvalue weighted by atomic mass is 10.0. The normalized spacial score (nSPS) is 14.0. The third-order valence-corrected chi connectivity index (χ3v) is 7.33. The summed E-state index contributed by atoms with van der Waals surface area (Å²) in [6.45, 7) is 0.297. The molecule has 3 aromatic rings.